The van der Waals surface area contributed by atoms with Gasteiger partial charge < -0.3 is 15.1 Å². The first kappa shape index (κ1) is 16.5. The highest BCUT2D eigenvalue weighted by Crippen LogP contribution is 2.29. The summed E-state index contributed by atoms with van der Waals surface area (Å²) in [5, 5.41) is 10.7. The Labute approximate surface area is 151 Å². The number of aryl methyl sites for hydroxylation is 1. The van der Waals surface area contributed by atoms with Gasteiger partial charge in [0.1, 0.15) is 11.3 Å². The fraction of sp³-hybridized carbons (Fsp3) is 0.316. The number of piperidine rings is 1. The van der Waals surface area contributed by atoms with E-state index in [-0.39, 0.29) is 5.91 Å². The average molecular weight is 351 g/mol. The van der Waals surface area contributed by atoms with Crippen molar-refractivity contribution in [2.24, 2.45) is 0 Å². The van der Waals surface area contributed by atoms with E-state index in [0.29, 0.717) is 24.4 Å². The first-order chi connectivity index (χ1) is 12.7. The Balaban J connectivity index is 1.61. The van der Waals surface area contributed by atoms with Gasteiger partial charge in [-0.15, -0.1) is 0 Å². The molecule has 0 bridgehead atoms. The minimum atomic E-state index is -0.676. The van der Waals surface area contributed by atoms with Gasteiger partial charge in [0.05, 0.1) is 6.20 Å². The Hall–Kier alpha value is -2.93. The van der Waals surface area contributed by atoms with Crippen molar-refractivity contribution in [3.8, 4) is 11.5 Å². The number of hydrogen-bond acceptors (Lipinski definition) is 5. The van der Waals surface area contributed by atoms with Crippen LogP contribution in [-0.2, 0) is 10.3 Å². The summed E-state index contributed by atoms with van der Waals surface area (Å²) in [5.41, 5.74) is 0.868. The third-order valence-corrected chi connectivity index (χ3v) is 4.78. The van der Waals surface area contributed by atoms with Crippen molar-refractivity contribution in [3.05, 3.63) is 54.7 Å². The molecular formula is C19H21N5O2. The van der Waals surface area contributed by atoms with Crippen LogP contribution in [0, 0.1) is 6.92 Å². The van der Waals surface area contributed by atoms with E-state index in [1.165, 1.54) is 0 Å². The van der Waals surface area contributed by atoms with Gasteiger partial charge in [-0.05, 0) is 57.1 Å². The number of benzene rings is 1. The van der Waals surface area contributed by atoms with Gasteiger partial charge in [-0.3, -0.25) is 9.48 Å². The maximum absolute atomic E-state index is 13.2. The molecule has 0 spiro atoms. The number of amides is 1. The molecule has 26 heavy (non-hydrogen) atoms. The number of carbonyl (C=O) groups excluding carboxylic acids is 1. The van der Waals surface area contributed by atoms with Crippen molar-refractivity contribution in [3.63, 3.8) is 0 Å². The first-order valence-electron chi connectivity index (χ1n) is 8.73. The summed E-state index contributed by atoms with van der Waals surface area (Å²) in [4.78, 5) is 17.4. The summed E-state index contributed by atoms with van der Waals surface area (Å²) in [6, 6.07) is 9.39. The SMILES string of the molecule is Cc1cnc(-c2cccc(NC(=O)C3(n4cccn4)CCNCC3)c2)o1. The predicted molar refractivity (Wildman–Crippen MR) is 97.6 cm³/mol. The Bertz CT molecular complexity index is 894. The maximum atomic E-state index is 13.2. The molecule has 1 aliphatic heterocycles. The van der Waals surface area contributed by atoms with Crippen molar-refractivity contribution in [1.29, 1.82) is 0 Å². The topological polar surface area (TPSA) is 85.0 Å². The highest BCUT2D eigenvalue weighted by molar-refractivity contribution is 5.97. The quantitative estimate of drug-likeness (QED) is 0.755. The summed E-state index contributed by atoms with van der Waals surface area (Å²) in [6.07, 6.45) is 6.64. The van der Waals surface area contributed by atoms with Crippen LogP contribution in [0.1, 0.15) is 18.6 Å². The van der Waals surface area contributed by atoms with Gasteiger partial charge in [0.15, 0.2) is 0 Å². The molecular weight excluding hydrogens is 330 g/mol. The van der Waals surface area contributed by atoms with Gasteiger partial charge in [-0.2, -0.15) is 5.10 Å². The van der Waals surface area contributed by atoms with Crippen LogP contribution >= 0.6 is 0 Å². The molecule has 4 rings (SSSR count). The van der Waals surface area contributed by atoms with Crippen LogP contribution in [0.2, 0.25) is 0 Å². The van der Waals surface area contributed by atoms with Gasteiger partial charge in [0, 0.05) is 23.6 Å². The van der Waals surface area contributed by atoms with Crippen LogP contribution < -0.4 is 10.6 Å². The number of hydrogen-bond donors (Lipinski definition) is 2. The Morgan fingerprint density at radius 2 is 2.15 bits per heavy atom. The summed E-state index contributed by atoms with van der Waals surface area (Å²) in [7, 11) is 0. The van der Waals surface area contributed by atoms with Gasteiger partial charge in [-0.1, -0.05) is 6.07 Å². The predicted octanol–water partition coefficient (Wildman–Crippen LogP) is 2.56. The number of nitrogens with one attached hydrogen (secondary N) is 2. The molecule has 0 radical (unpaired) electrons. The summed E-state index contributed by atoms with van der Waals surface area (Å²) in [5.74, 6) is 1.24. The number of rotatable bonds is 4. The standard InChI is InChI=1S/C19H21N5O2/c1-14-13-21-17(26-14)15-4-2-5-16(12-15)23-18(25)19(6-9-20-10-7-19)24-11-3-8-22-24/h2-5,8,11-13,20H,6-7,9-10H2,1H3,(H,23,25). The molecule has 2 aromatic heterocycles. The lowest BCUT2D eigenvalue weighted by Gasteiger charge is -2.36. The van der Waals surface area contributed by atoms with E-state index in [0.717, 1.165) is 24.4 Å². The van der Waals surface area contributed by atoms with Crippen molar-refractivity contribution in [1.82, 2.24) is 20.1 Å². The van der Waals surface area contributed by atoms with E-state index >= 15 is 0 Å². The third kappa shape index (κ3) is 3.01. The molecule has 3 aromatic rings. The summed E-state index contributed by atoms with van der Waals surface area (Å²) < 4.78 is 7.36. The second-order valence-corrected chi connectivity index (χ2v) is 6.54. The number of anilines is 1. The molecule has 1 fully saturated rings. The molecule has 1 saturated heterocycles. The molecule has 3 heterocycles. The number of nitrogens with zero attached hydrogens (tertiary/aromatic N) is 3. The Morgan fingerprint density at radius 3 is 2.85 bits per heavy atom. The normalized spacial score (nSPS) is 16.3. The lowest BCUT2D eigenvalue weighted by molar-refractivity contribution is -0.126. The molecule has 1 amide bonds. The Kier molecular flexibility index (Phi) is 4.30. The highest BCUT2D eigenvalue weighted by atomic mass is 16.4. The van der Waals surface area contributed by atoms with E-state index in [1.54, 1.807) is 17.1 Å². The van der Waals surface area contributed by atoms with Gasteiger partial charge in [-0.25, -0.2) is 4.98 Å². The minimum Gasteiger partial charge on any atom is -0.441 e. The average Bonchev–Trinajstić information content (AvgIpc) is 3.34. The molecule has 0 unspecified atom stereocenters. The van der Waals surface area contributed by atoms with E-state index in [1.807, 2.05) is 43.5 Å². The molecule has 134 valence electrons. The van der Waals surface area contributed by atoms with E-state index < -0.39 is 5.54 Å². The van der Waals surface area contributed by atoms with Crippen LogP contribution in [0.3, 0.4) is 0 Å². The fourth-order valence-electron chi connectivity index (χ4n) is 3.39. The number of oxazole rings is 1. The van der Waals surface area contributed by atoms with Gasteiger partial charge >= 0.3 is 0 Å². The van der Waals surface area contributed by atoms with Crippen molar-refractivity contribution in [2.75, 3.05) is 18.4 Å². The molecule has 7 heteroatoms. The summed E-state index contributed by atoms with van der Waals surface area (Å²) >= 11 is 0. The Morgan fingerprint density at radius 1 is 1.31 bits per heavy atom. The van der Waals surface area contributed by atoms with Crippen LogP contribution in [0.5, 0.6) is 0 Å². The minimum absolute atomic E-state index is 0.0524. The monoisotopic (exact) mass is 351 g/mol. The third-order valence-electron chi connectivity index (χ3n) is 4.78. The summed E-state index contributed by atoms with van der Waals surface area (Å²) in [6.45, 7) is 3.42. The number of carbonyl (C=O) groups is 1. The largest absolute Gasteiger partial charge is 0.441 e. The molecule has 1 aromatic carbocycles. The molecule has 1 aliphatic rings. The number of aromatic nitrogens is 3. The lowest BCUT2D eigenvalue weighted by Crippen LogP contribution is -2.52. The van der Waals surface area contributed by atoms with Crippen LogP contribution in [0.25, 0.3) is 11.5 Å². The van der Waals surface area contributed by atoms with Crippen molar-refractivity contribution in [2.45, 2.75) is 25.3 Å². The fourth-order valence-corrected chi connectivity index (χ4v) is 3.39. The second-order valence-electron chi connectivity index (χ2n) is 6.54. The highest BCUT2D eigenvalue weighted by Gasteiger charge is 2.42. The van der Waals surface area contributed by atoms with Crippen molar-refractivity contribution >= 4 is 11.6 Å². The zero-order valence-corrected chi connectivity index (χ0v) is 14.6. The molecule has 7 nitrogen and oxygen atoms in total. The van der Waals surface area contributed by atoms with Gasteiger partial charge in [0.2, 0.25) is 5.89 Å². The van der Waals surface area contributed by atoms with E-state index in [2.05, 4.69) is 20.7 Å². The lowest BCUT2D eigenvalue weighted by atomic mass is 9.87. The van der Waals surface area contributed by atoms with E-state index in [4.69, 9.17) is 4.42 Å². The van der Waals surface area contributed by atoms with Crippen LogP contribution in [-0.4, -0.2) is 33.8 Å². The molecule has 0 atom stereocenters. The smallest absolute Gasteiger partial charge is 0.252 e. The maximum Gasteiger partial charge on any atom is 0.252 e. The van der Waals surface area contributed by atoms with Gasteiger partial charge in [0.25, 0.3) is 5.91 Å². The molecule has 0 aliphatic carbocycles. The van der Waals surface area contributed by atoms with Crippen LogP contribution in [0.15, 0.2) is 53.3 Å². The van der Waals surface area contributed by atoms with E-state index in [9.17, 15) is 4.79 Å². The first-order valence-corrected chi connectivity index (χ1v) is 8.73. The zero-order valence-electron chi connectivity index (χ0n) is 14.6. The molecule has 0 saturated carbocycles. The molecule has 2 N–H and O–H groups in total. The van der Waals surface area contributed by atoms with Crippen LogP contribution in [0.4, 0.5) is 5.69 Å². The zero-order chi connectivity index (χ0) is 18.0. The van der Waals surface area contributed by atoms with Crippen molar-refractivity contribution < 1.29 is 9.21 Å². The second kappa shape index (κ2) is 6.76.